The van der Waals surface area contributed by atoms with Crippen molar-refractivity contribution in [1.82, 2.24) is 15.3 Å². The SMILES string of the molecule is CNc1cnc(Oc2ccnc3cc(OCC4CCNCC4)c(OC)cc23)c(Cl)c1. The van der Waals surface area contributed by atoms with E-state index in [1.54, 1.807) is 38.7 Å². The molecule has 0 amide bonds. The van der Waals surface area contributed by atoms with Crippen LogP contribution in [0.2, 0.25) is 5.02 Å². The third-order valence-electron chi connectivity index (χ3n) is 5.22. The van der Waals surface area contributed by atoms with Crippen molar-refractivity contribution in [1.29, 1.82) is 0 Å². The fourth-order valence-corrected chi connectivity index (χ4v) is 3.69. The Hall–Kier alpha value is -2.77. The van der Waals surface area contributed by atoms with Crippen LogP contribution < -0.4 is 24.8 Å². The fraction of sp³-hybridized carbons (Fsp3) is 0.364. The molecule has 1 aliphatic heterocycles. The van der Waals surface area contributed by atoms with Gasteiger partial charge in [-0.2, -0.15) is 0 Å². The number of piperidine rings is 1. The average Bonchev–Trinajstić information content (AvgIpc) is 2.79. The van der Waals surface area contributed by atoms with Gasteiger partial charge in [-0.3, -0.25) is 4.98 Å². The molecule has 3 heterocycles. The van der Waals surface area contributed by atoms with Gasteiger partial charge >= 0.3 is 0 Å². The summed E-state index contributed by atoms with van der Waals surface area (Å²) in [6.45, 7) is 2.74. The van der Waals surface area contributed by atoms with E-state index >= 15 is 0 Å². The number of hydrogen-bond donors (Lipinski definition) is 2. The first kappa shape index (κ1) is 20.5. The maximum Gasteiger partial charge on any atom is 0.238 e. The molecule has 1 aliphatic rings. The highest BCUT2D eigenvalue weighted by Crippen LogP contribution is 2.38. The van der Waals surface area contributed by atoms with Crippen molar-refractivity contribution in [2.45, 2.75) is 12.8 Å². The lowest BCUT2D eigenvalue weighted by atomic mass is 9.99. The van der Waals surface area contributed by atoms with Crippen molar-refractivity contribution < 1.29 is 14.2 Å². The first-order valence-electron chi connectivity index (χ1n) is 9.99. The van der Waals surface area contributed by atoms with Crippen LogP contribution in [-0.2, 0) is 0 Å². The van der Waals surface area contributed by atoms with Gasteiger partial charge in [0.1, 0.15) is 10.8 Å². The predicted octanol–water partition coefficient (Wildman–Crippen LogP) is 4.50. The molecule has 0 unspecified atom stereocenters. The number of pyridine rings is 2. The number of methoxy groups -OCH3 is 1. The van der Waals surface area contributed by atoms with E-state index in [9.17, 15) is 0 Å². The summed E-state index contributed by atoms with van der Waals surface area (Å²) in [4.78, 5) is 8.77. The van der Waals surface area contributed by atoms with Crippen LogP contribution in [0.5, 0.6) is 23.1 Å². The summed E-state index contributed by atoms with van der Waals surface area (Å²) in [7, 11) is 3.44. The Bertz CT molecular complexity index is 1020. The number of anilines is 1. The number of rotatable bonds is 7. The predicted molar refractivity (Wildman–Crippen MR) is 118 cm³/mol. The van der Waals surface area contributed by atoms with Gasteiger partial charge in [-0.05, 0) is 50.0 Å². The lowest BCUT2D eigenvalue weighted by Crippen LogP contribution is -2.30. The van der Waals surface area contributed by atoms with Crippen molar-refractivity contribution in [2.24, 2.45) is 5.92 Å². The topological polar surface area (TPSA) is 77.5 Å². The third-order valence-corrected chi connectivity index (χ3v) is 5.49. The van der Waals surface area contributed by atoms with Crippen molar-refractivity contribution in [3.05, 3.63) is 41.7 Å². The summed E-state index contributed by atoms with van der Waals surface area (Å²) >= 11 is 6.32. The van der Waals surface area contributed by atoms with Crippen molar-refractivity contribution in [2.75, 3.05) is 39.2 Å². The van der Waals surface area contributed by atoms with Gasteiger partial charge in [0.2, 0.25) is 5.88 Å². The molecule has 8 heteroatoms. The maximum absolute atomic E-state index is 6.32. The Morgan fingerprint density at radius 3 is 2.70 bits per heavy atom. The zero-order valence-electron chi connectivity index (χ0n) is 17.1. The van der Waals surface area contributed by atoms with Crippen LogP contribution in [0, 0.1) is 5.92 Å². The molecule has 30 heavy (non-hydrogen) atoms. The summed E-state index contributed by atoms with van der Waals surface area (Å²) in [6.07, 6.45) is 5.59. The largest absolute Gasteiger partial charge is 0.493 e. The summed E-state index contributed by atoms with van der Waals surface area (Å²) < 4.78 is 17.7. The van der Waals surface area contributed by atoms with Crippen molar-refractivity contribution in [3.8, 4) is 23.1 Å². The van der Waals surface area contributed by atoms with Gasteiger partial charge in [0.05, 0.1) is 31.1 Å². The standard InChI is InChI=1S/C22H25ClN4O3/c1-24-15-9-17(23)22(27-12-15)30-19-5-8-26-18-11-21(20(28-2)10-16(18)19)29-13-14-3-6-25-7-4-14/h5,8-12,14,24-25H,3-4,6-7,13H2,1-2H3. The number of aromatic nitrogens is 2. The molecule has 4 rings (SSSR count). The van der Waals surface area contributed by atoms with E-state index < -0.39 is 0 Å². The van der Waals surface area contributed by atoms with Gasteiger partial charge in [-0.25, -0.2) is 4.98 Å². The van der Waals surface area contributed by atoms with Crippen LogP contribution in [-0.4, -0.2) is 43.8 Å². The first-order chi connectivity index (χ1) is 14.7. The minimum absolute atomic E-state index is 0.327. The van der Waals surface area contributed by atoms with E-state index in [4.69, 9.17) is 25.8 Å². The van der Waals surface area contributed by atoms with E-state index in [0.29, 0.717) is 40.7 Å². The Balaban J connectivity index is 1.61. The number of hydrogen-bond acceptors (Lipinski definition) is 7. The molecule has 1 fully saturated rings. The van der Waals surface area contributed by atoms with Crippen LogP contribution >= 0.6 is 11.6 Å². The van der Waals surface area contributed by atoms with Crippen molar-refractivity contribution in [3.63, 3.8) is 0 Å². The molecular formula is C22H25ClN4O3. The number of halogens is 1. The number of ether oxygens (including phenoxy) is 3. The summed E-state index contributed by atoms with van der Waals surface area (Å²) in [6, 6.07) is 7.31. The molecule has 1 saturated heterocycles. The highest BCUT2D eigenvalue weighted by Gasteiger charge is 2.17. The van der Waals surface area contributed by atoms with Crippen LogP contribution in [0.4, 0.5) is 5.69 Å². The van der Waals surface area contributed by atoms with Crippen LogP contribution in [0.3, 0.4) is 0 Å². The zero-order valence-corrected chi connectivity index (χ0v) is 17.8. The molecule has 0 bridgehead atoms. The molecule has 0 saturated carbocycles. The van der Waals surface area contributed by atoms with Gasteiger partial charge in [-0.1, -0.05) is 11.6 Å². The van der Waals surface area contributed by atoms with Gasteiger partial charge in [0.25, 0.3) is 0 Å². The molecule has 3 aromatic rings. The monoisotopic (exact) mass is 428 g/mol. The van der Waals surface area contributed by atoms with E-state index in [1.165, 1.54) is 0 Å². The van der Waals surface area contributed by atoms with E-state index in [2.05, 4.69) is 20.6 Å². The summed E-state index contributed by atoms with van der Waals surface area (Å²) in [5, 5.41) is 7.58. The maximum atomic E-state index is 6.32. The Labute approximate surface area is 180 Å². The van der Waals surface area contributed by atoms with Crippen molar-refractivity contribution >= 4 is 28.2 Å². The summed E-state index contributed by atoms with van der Waals surface area (Å²) in [5.41, 5.74) is 1.56. The number of nitrogens with zero attached hydrogens (tertiary/aromatic N) is 2. The second-order valence-electron chi connectivity index (χ2n) is 7.20. The van der Waals surface area contributed by atoms with E-state index in [0.717, 1.165) is 42.5 Å². The Morgan fingerprint density at radius 1 is 1.13 bits per heavy atom. The second-order valence-corrected chi connectivity index (χ2v) is 7.60. The van der Waals surface area contributed by atoms with Gasteiger partial charge in [0.15, 0.2) is 11.5 Å². The minimum atomic E-state index is 0.327. The molecule has 2 aromatic heterocycles. The quantitative estimate of drug-likeness (QED) is 0.573. The van der Waals surface area contributed by atoms with Crippen LogP contribution in [0.15, 0.2) is 36.7 Å². The number of fused-ring (bicyclic) bond motifs is 1. The fourth-order valence-electron chi connectivity index (χ4n) is 3.49. The zero-order chi connectivity index (χ0) is 20.9. The average molecular weight is 429 g/mol. The van der Waals surface area contributed by atoms with Crippen LogP contribution in [0.1, 0.15) is 12.8 Å². The molecule has 0 spiro atoms. The number of benzene rings is 1. The normalized spacial score (nSPS) is 14.5. The lowest BCUT2D eigenvalue weighted by molar-refractivity contribution is 0.208. The molecule has 7 nitrogen and oxygen atoms in total. The van der Waals surface area contributed by atoms with E-state index in [-0.39, 0.29) is 0 Å². The number of nitrogens with one attached hydrogen (secondary N) is 2. The second kappa shape index (κ2) is 9.36. The molecule has 158 valence electrons. The third kappa shape index (κ3) is 4.52. The first-order valence-corrected chi connectivity index (χ1v) is 10.4. The smallest absolute Gasteiger partial charge is 0.238 e. The van der Waals surface area contributed by atoms with Gasteiger partial charge in [0, 0.05) is 24.7 Å². The highest BCUT2D eigenvalue weighted by atomic mass is 35.5. The minimum Gasteiger partial charge on any atom is -0.493 e. The molecule has 0 radical (unpaired) electrons. The molecule has 2 N–H and O–H groups in total. The van der Waals surface area contributed by atoms with Gasteiger partial charge in [-0.15, -0.1) is 0 Å². The summed E-state index contributed by atoms with van der Waals surface area (Å²) in [5.74, 6) is 2.79. The lowest BCUT2D eigenvalue weighted by Gasteiger charge is -2.23. The highest BCUT2D eigenvalue weighted by molar-refractivity contribution is 6.32. The van der Waals surface area contributed by atoms with Crippen LogP contribution in [0.25, 0.3) is 10.9 Å². The van der Waals surface area contributed by atoms with E-state index in [1.807, 2.05) is 12.1 Å². The molecule has 0 aliphatic carbocycles. The molecular weight excluding hydrogens is 404 g/mol. The molecule has 1 aromatic carbocycles. The molecule has 0 atom stereocenters. The Morgan fingerprint density at radius 2 is 1.97 bits per heavy atom. The van der Waals surface area contributed by atoms with Gasteiger partial charge < -0.3 is 24.8 Å². The Kier molecular flexibility index (Phi) is 6.40.